The van der Waals surface area contributed by atoms with Crippen LogP contribution >= 0.6 is 23.4 Å². The molecule has 1 aliphatic heterocycles. The first-order chi connectivity index (χ1) is 15.9. The fourth-order valence-corrected chi connectivity index (χ4v) is 5.02. The summed E-state index contributed by atoms with van der Waals surface area (Å²) in [5.74, 6) is 1.64. The Morgan fingerprint density at radius 2 is 2.03 bits per heavy atom. The molecule has 0 saturated heterocycles. The number of benzene rings is 2. The Kier molecular flexibility index (Phi) is 6.95. The highest BCUT2D eigenvalue weighted by atomic mass is 35.5. The predicted molar refractivity (Wildman–Crippen MR) is 130 cm³/mol. The second kappa shape index (κ2) is 9.89. The van der Waals surface area contributed by atoms with Crippen molar-refractivity contribution in [2.45, 2.75) is 30.2 Å². The number of rotatable bonds is 7. The highest BCUT2D eigenvalue weighted by Gasteiger charge is 2.32. The Hall–Kier alpha value is -2.97. The van der Waals surface area contributed by atoms with Crippen LogP contribution in [-0.4, -0.2) is 29.2 Å². The lowest BCUT2D eigenvalue weighted by Crippen LogP contribution is -2.33. The third kappa shape index (κ3) is 4.86. The molecule has 3 aromatic rings. The molecule has 2 heterocycles. The molecule has 172 valence electrons. The number of thioether (sulfide) groups is 1. The van der Waals surface area contributed by atoms with E-state index in [0.29, 0.717) is 45.4 Å². The van der Waals surface area contributed by atoms with Gasteiger partial charge in [0.1, 0.15) is 5.82 Å². The molecule has 0 saturated carbocycles. The van der Waals surface area contributed by atoms with Crippen molar-refractivity contribution in [2.24, 2.45) is 7.05 Å². The molecule has 1 aromatic heterocycles. The number of fused-ring (bicyclic) bond motifs is 1. The maximum Gasteiger partial charge on any atom is 0.279 e. The normalized spacial score (nSPS) is 15.0. The van der Waals surface area contributed by atoms with Gasteiger partial charge in [-0.25, -0.2) is 0 Å². The average Bonchev–Trinajstić information content (AvgIpc) is 2.80. The number of anilines is 1. The SMILES string of the molecule is CCOc1cc([C@H]2CC(=O)Nc3c2c(=O)nc(SCc2cccc(Cl)c2)n3C)ccc1OC. The van der Waals surface area contributed by atoms with E-state index >= 15 is 0 Å². The first-order valence-corrected chi connectivity index (χ1v) is 11.9. The quantitative estimate of drug-likeness (QED) is 0.389. The standard InChI is InChI=1S/C24H24ClN3O4S/c1-4-32-19-11-15(8-9-18(19)31-3)17-12-20(29)26-22-21(17)23(30)27-24(28(22)2)33-13-14-6-5-7-16(25)10-14/h5-11,17H,4,12-13H2,1-3H3,(H,26,29)/t17-/m1/s1. The molecule has 0 spiro atoms. The molecule has 0 bridgehead atoms. The minimum absolute atomic E-state index is 0.150. The van der Waals surface area contributed by atoms with E-state index in [0.717, 1.165) is 11.1 Å². The maximum atomic E-state index is 13.2. The summed E-state index contributed by atoms with van der Waals surface area (Å²) in [5.41, 5.74) is 1.93. The number of halogens is 1. The van der Waals surface area contributed by atoms with E-state index in [-0.39, 0.29) is 17.9 Å². The summed E-state index contributed by atoms with van der Waals surface area (Å²) in [5, 5.41) is 4.04. The summed E-state index contributed by atoms with van der Waals surface area (Å²) >= 11 is 7.49. The molecule has 0 fully saturated rings. The minimum atomic E-state index is -0.433. The molecular weight excluding hydrogens is 462 g/mol. The van der Waals surface area contributed by atoms with Crippen molar-refractivity contribution >= 4 is 35.1 Å². The smallest absolute Gasteiger partial charge is 0.279 e. The average molecular weight is 486 g/mol. The fraction of sp³-hybridized carbons (Fsp3) is 0.292. The number of hydrogen-bond donors (Lipinski definition) is 1. The van der Waals surface area contributed by atoms with Gasteiger partial charge >= 0.3 is 0 Å². The van der Waals surface area contributed by atoms with E-state index in [1.807, 2.05) is 43.3 Å². The topological polar surface area (TPSA) is 82.5 Å². The van der Waals surface area contributed by atoms with Gasteiger partial charge in [-0.05, 0) is 42.3 Å². The summed E-state index contributed by atoms with van der Waals surface area (Å²) in [6.07, 6.45) is 0.150. The molecule has 1 amide bonds. The zero-order valence-electron chi connectivity index (χ0n) is 18.6. The summed E-state index contributed by atoms with van der Waals surface area (Å²) in [6, 6.07) is 13.0. The summed E-state index contributed by atoms with van der Waals surface area (Å²) in [7, 11) is 3.37. The number of methoxy groups -OCH3 is 1. The summed E-state index contributed by atoms with van der Waals surface area (Å²) in [4.78, 5) is 30.1. The van der Waals surface area contributed by atoms with E-state index in [1.54, 1.807) is 24.8 Å². The number of carbonyl (C=O) groups excluding carboxylic acids is 1. The van der Waals surface area contributed by atoms with Gasteiger partial charge < -0.3 is 19.4 Å². The van der Waals surface area contributed by atoms with Crippen LogP contribution in [0.3, 0.4) is 0 Å². The third-order valence-corrected chi connectivity index (χ3v) is 6.78. The minimum Gasteiger partial charge on any atom is -0.493 e. The van der Waals surface area contributed by atoms with Crippen molar-refractivity contribution < 1.29 is 14.3 Å². The molecule has 1 N–H and O–H groups in total. The van der Waals surface area contributed by atoms with Gasteiger partial charge in [0.15, 0.2) is 16.7 Å². The van der Waals surface area contributed by atoms with Gasteiger partial charge in [-0.1, -0.05) is 41.6 Å². The lowest BCUT2D eigenvalue weighted by atomic mass is 9.86. The number of amides is 1. The molecule has 4 rings (SSSR count). The second-order valence-corrected chi connectivity index (χ2v) is 8.97. The van der Waals surface area contributed by atoms with Crippen LogP contribution in [0.25, 0.3) is 0 Å². The largest absolute Gasteiger partial charge is 0.493 e. The van der Waals surface area contributed by atoms with E-state index < -0.39 is 5.92 Å². The number of hydrogen-bond acceptors (Lipinski definition) is 6. The van der Waals surface area contributed by atoms with E-state index in [9.17, 15) is 9.59 Å². The van der Waals surface area contributed by atoms with Gasteiger partial charge in [-0.2, -0.15) is 4.98 Å². The first-order valence-electron chi connectivity index (χ1n) is 10.5. The van der Waals surface area contributed by atoms with Crippen molar-refractivity contribution in [3.05, 3.63) is 74.5 Å². The van der Waals surface area contributed by atoms with Crippen LogP contribution in [0, 0.1) is 0 Å². The van der Waals surface area contributed by atoms with Crippen molar-refractivity contribution in [1.82, 2.24) is 9.55 Å². The Labute approximate surface area is 201 Å². The van der Waals surface area contributed by atoms with Crippen LogP contribution in [0.2, 0.25) is 5.02 Å². The Morgan fingerprint density at radius 3 is 2.76 bits per heavy atom. The first kappa shape index (κ1) is 23.2. The molecule has 0 radical (unpaired) electrons. The lowest BCUT2D eigenvalue weighted by molar-refractivity contribution is -0.116. The monoisotopic (exact) mass is 485 g/mol. The van der Waals surface area contributed by atoms with Gasteiger partial charge in [0.05, 0.1) is 19.3 Å². The van der Waals surface area contributed by atoms with Crippen LogP contribution in [0.15, 0.2) is 52.4 Å². The highest BCUT2D eigenvalue weighted by Crippen LogP contribution is 2.39. The molecule has 0 unspecified atom stereocenters. The summed E-state index contributed by atoms with van der Waals surface area (Å²) in [6.45, 7) is 2.36. The fourth-order valence-electron chi connectivity index (χ4n) is 3.90. The van der Waals surface area contributed by atoms with Crippen LogP contribution in [0.5, 0.6) is 11.5 Å². The maximum absolute atomic E-state index is 13.2. The molecular formula is C24H24ClN3O4S. The molecule has 1 atom stereocenters. The van der Waals surface area contributed by atoms with Crippen molar-refractivity contribution in [1.29, 1.82) is 0 Å². The zero-order valence-corrected chi connectivity index (χ0v) is 20.1. The number of nitrogens with zero attached hydrogens (tertiary/aromatic N) is 2. The van der Waals surface area contributed by atoms with Gasteiger partial charge in [0.25, 0.3) is 5.56 Å². The highest BCUT2D eigenvalue weighted by molar-refractivity contribution is 7.98. The Morgan fingerprint density at radius 1 is 1.21 bits per heavy atom. The van der Waals surface area contributed by atoms with Crippen LogP contribution in [0.1, 0.15) is 36.0 Å². The van der Waals surface area contributed by atoms with Crippen LogP contribution < -0.4 is 20.3 Å². The van der Waals surface area contributed by atoms with Crippen molar-refractivity contribution in [3.63, 3.8) is 0 Å². The van der Waals surface area contributed by atoms with Crippen molar-refractivity contribution in [2.75, 3.05) is 19.0 Å². The third-order valence-electron chi connectivity index (χ3n) is 5.45. The van der Waals surface area contributed by atoms with E-state index in [4.69, 9.17) is 21.1 Å². The molecule has 1 aliphatic rings. The Balaban J connectivity index is 1.72. The molecule has 33 heavy (non-hydrogen) atoms. The van der Waals surface area contributed by atoms with Gasteiger partial charge in [-0.15, -0.1) is 0 Å². The molecule has 7 nitrogen and oxygen atoms in total. The number of nitrogens with one attached hydrogen (secondary N) is 1. The second-order valence-electron chi connectivity index (χ2n) is 7.59. The van der Waals surface area contributed by atoms with Crippen LogP contribution in [0.4, 0.5) is 5.82 Å². The predicted octanol–water partition coefficient (Wildman–Crippen LogP) is 4.61. The van der Waals surface area contributed by atoms with E-state index in [1.165, 1.54) is 11.8 Å². The Bertz CT molecular complexity index is 1260. The molecule has 0 aliphatic carbocycles. The zero-order chi connectivity index (χ0) is 23.5. The van der Waals surface area contributed by atoms with Gasteiger partial charge in [-0.3, -0.25) is 9.59 Å². The number of carbonyl (C=O) groups is 1. The van der Waals surface area contributed by atoms with Gasteiger partial charge in [0.2, 0.25) is 5.91 Å². The lowest BCUT2D eigenvalue weighted by Gasteiger charge is -2.28. The van der Waals surface area contributed by atoms with Crippen LogP contribution in [-0.2, 0) is 17.6 Å². The van der Waals surface area contributed by atoms with E-state index in [2.05, 4.69) is 10.3 Å². The number of aromatic nitrogens is 2. The number of ether oxygens (including phenoxy) is 2. The molecule has 2 aromatic carbocycles. The van der Waals surface area contributed by atoms with Crippen molar-refractivity contribution in [3.8, 4) is 11.5 Å². The van der Waals surface area contributed by atoms with Gasteiger partial charge in [0, 0.05) is 30.2 Å². The summed E-state index contributed by atoms with van der Waals surface area (Å²) < 4.78 is 12.8. The molecule has 9 heteroatoms.